The summed E-state index contributed by atoms with van der Waals surface area (Å²) >= 11 is 0. The molecule has 0 saturated carbocycles. The predicted molar refractivity (Wildman–Crippen MR) is 86.8 cm³/mol. The number of aromatic nitrogens is 1. The van der Waals surface area contributed by atoms with Crippen LogP contribution in [0.3, 0.4) is 0 Å². The monoisotopic (exact) mass is 295 g/mol. The average Bonchev–Trinajstić information content (AvgIpc) is 2.75. The second-order valence-electron chi connectivity index (χ2n) is 6.57. The van der Waals surface area contributed by atoms with Gasteiger partial charge in [-0.05, 0) is 44.9 Å². The van der Waals surface area contributed by atoms with Crippen molar-refractivity contribution in [1.29, 1.82) is 0 Å². The van der Waals surface area contributed by atoms with E-state index in [4.69, 9.17) is 0 Å². The molecule has 2 aliphatic rings. The van der Waals surface area contributed by atoms with Crippen molar-refractivity contribution in [1.82, 2.24) is 15.2 Å². The molecule has 2 aromatic rings. The molecule has 2 fully saturated rings. The Labute approximate surface area is 130 Å². The quantitative estimate of drug-likeness (QED) is 0.926. The number of piperidine rings is 1. The van der Waals surface area contributed by atoms with E-state index in [-0.39, 0.29) is 5.91 Å². The van der Waals surface area contributed by atoms with Crippen molar-refractivity contribution in [3.8, 4) is 0 Å². The molecular formula is C18H21N3O. The summed E-state index contributed by atoms with van der Waals surface area (Å²) in [5.41, 5.74) is 1.61. The van der Waals surface area contributed by atoms with Gasteiger partial charge in [-0.1, -0.05) is 18.2 Å². The number of carbonyl (C=O) groups is 1. The molecule has 0 spiro atoms. The van der Waals surface area contributed by atoms with Crippen molar-refractivity contribution >= 4 is 16.8 Å². The first-order chi connectivity index (χ1) is 10.7. The van der Waals surface area contributed by atoms with Gasteiger partial charge in [0.25, 0.3) is 5.91 Å². The number of amides is 1. The zero-order valence-electron chi connectivity index (χ0n) is 12.8. The highest BCUT2D eigenvalue weighted by molar-refractivity contribution is 6.06. The predicted octanol–water partition coefficient (Wildman–Crippen LogP) is 2.59. The van der Waals surface area contributed by atoms with Crippen LogP contribution in [0.5, 0.6) is 0 Å². The lowest BCUT2D eigenvalue weighted by molar-refractivity contribution is 0.0884. The first-order valence-electron chi connectivity index (χ1n) is 8.09. The lowest BCUT2D eigenvalue weighted by Gasteiger charge is -2.36. The molecule has 0 radical (unpaired) electrons. The molecule has 22 heavy (non-hydrogen) atoms. The van der Waals surface area contributed by atoms with Gasteiger partial charge >= 0.3 is 0 Å². The number of hydrogen-bond donors (Lipinski definition) is 1. The summed E-state index contributed by atoms with van der Waals surface area (Å²) in [4.78, 5) is 19.5. The lowest BCUT2D eigenvalue weighted by Crippen LogP contribution is -2.48. The first kappa shape index (κ1) is 13.7. The Morgan fingerprint density at radius 3 is 2.68 bits per heavy atom. The third-order valence-corrected chi connectivity index (χ3v) is 5.33. The minimum atomic E-state index is 0.0348. The van der Waals surface area contributed by atoms with E-state index >= 15 is 0 Å². The van der Waals surface area contributed by atoms with Crippen LogP contribution in [0.4, 0.5) is 0 Å². The summed E-state index contributed by atoms with van der Waals surface area (Å²) in [5.74, 6) is 0.0348. The summed E-state index contributed by atoms with van der Waals surface area (Å²) in [7, 11) is 2.22. The van der Waals surface area contributed by atoms with Crippen molar-refractivity contribution in [3.05, 3.63) is 42.1 Å². The number of pyridine rings is 1. The molecule has 1 aromatic heterocycles. The Morgan fingerprint density at radius 2 is 1.91 bits per heavy atom. The highest BCUT2D eigenvalue weighted by Gasteiger charge is 2.38. The maximum atomic E-state index is 12.7. The lowest BCUT2D eigenvalue weighted by atomic mass is 9.97. The highest BCUT2D eigenvalue weighted by Crippen LogP contribution is 2.34. The molecule has 1 amide bonds. The molecule has 2 aliphatic heterocycles. The Morgan fingerprint density at radius 1 is 1.18 bits per heavy atom. The molecule has 3 heterocycles. The summed E-state index contributed by atoms with van der Waals surface area (Å²) in [6, 6.07) is 11.2. The number of carbonyl (C=O) groups excluding carboxylic acids is 1. The topological polar surface area (TPSA) is 45.2 Å². The summed E-state index contributed by atoms with van der Waals surface area (Å²) in [6.45, 7) is 0. The standard InChI is InChI=1S/C18H21N3O/c1-21-13-6-7-14(21)11-12(10-13)20-18(22)16-8-9-19-17-5-3-2-4-15(16)17/h2-5,8-9,12-14H,6-7,10-11H2,1H3,(H,20,22)/t12?,13-,14+. The third-order valence-electron chi connectivity index (χ3n) is 5.33. The average molecular weight is 295 g/mol. The van der Waals surface area contributed by atoms with E-state index in [2.05, 4.69) is 22.2 Å². The van der Waals surface area contributed by atoms with E-state index in [1.54, 1.807) is 6.20 Å². The van der Waals surface area contributed by atoms with E-state index < -0.39 is 0 Å². The molecule has 1 aromatic carbocycles. The molecule has 2 bridgehead atoms. The number of hydrogen-bond acceptors (Lipinski definition) is 3. The number of rotatable bonds is 2. The van der Waals surface area contributed by atoms with Crippen LogP contribution in [0.25, 0.3) is 10.9 Å². The summed E-state index contributed by atoms with van der Waals surface area (Å²) in [6.07, 6.45) is 6.40. The molecule has 0 aliphatic carbocycles. The maximum Gasteiger partial charge on any atom is 0.252 e. The van der Waals surface area contributed by atoms with Crippen molar-refractivity contribution in [3.63, 3.8) is 0 Å². The third kappa shape index (κ3) is 2.28. The molecule has 1 N–H and O–H groups in total. The number of benzene rings is 1. The molecular weight excluding hydrogens is 274 g/mol. The van der Waals surface area contributed by atoms with E-state index in [1.165, 1.54) is 12.8 Å². The Bertz CT molecular complexity index is 695. The molecule has 3 atom stereocenters. The van der Waals surface area contributed by atoms with Gasteiger partial charge in [0.1, 0.15) is 0 Å². The first-order valence-corrected chi connectivity index (χ1v) is 8.09. The van der Waals surface area contributed by atoms with E-state index in [0.717, 1.165) is 29.3 Å². The Kier molecular flexibility index (Phi) is 3.34. The largest absolute Gasteiger partial charge is 0.349 e. The van der Waals surface area contributed by atoms with Crippen LogP contribution in [0.2, 0.25) is 0 Å². The zero-order chi connectivity index (χ0) is 15.1. The van der Waals surface area contributed by atoms with Crippen LogP contribution in [0.1, 0.15) is 36.0 Å². The van der Waals surface area contributed by atoms with Crippen LogP contribution in [-0.2, 0) is 0 Å². The van der Waals surface area contributed by atoms with Gasteiger partial charge in [0.05, 0.1) is 11.1 Å². The van der Waals surface area contributed by atoms with Crippen molar-refractivity contribution < 1.29 is 4.79 Å². The van der Waals surface area contributed by atoms with Crippen LogP contribution < -0.4 is 5.32 Å². The fourth-order valence-electron chi connectivity index (χ4n) is 4.09. The smallest absolute Gasteiger partial charge is 0.252 e. The van der Waals surface area contributed by atoms with E-state index in [1.807, 2.05) is 30.3 Å². The van der Waals surface area contributed by atoms with Crippen molar-refractivity contribution in [2.45, 2.75) is 43.8 Å². The second kappa shape index (κ2) is 5.36. The normalized spacial score (nSPS) is 28.0. The SMILES string of the molecule is CN1[C@@H]2CC[C@H]1CC(NC(=O)c1ccnc3ccccc13)C2. The van der Waals surface area contributed by atoms with Crippen LogP contribution in [-0.4, -0.2) is 41.0 Å². The molecule has 4 rings (SSSR count). The van der Waals surface area contributed by atoms with Gasteiger partial charge in [-0.3, -0.25) is 9.78 Å². The number of fused-ring (bicyclic) bond motifs is 3. The Hall–Kier alpha value is -1.94. The highest BCUT2D eigenvalue weighted by atomic mass is 16.1. The molecule has 4 heteroatoms. The van der Waals surface area contributed by atoms with Crippen molar-refractivity contribution in [2.75, 3.05) is 7.05 Å². The fraction of sp³-hybridized carbons (Fsp3) is 0.444. The summed E-state index contributed by atoms with van der Waals surface area (Å²) < 4.78 is 0. The number of nitrogens with one attached hydrogen (secondary N) is 1. The molecule has 1 unspecified atom stereocenters. The van der Waals surface area contributed by atoms with E-state index in [9.17, 15) is 4.79 Å². The minimum absolute atomic E-state index is 0.0348. The maximum absolute atomic E-state index is 12.7. The van der Waals surface area contributed by atoms with Gasteiger partial charge in [-0.2, -0.15) is 0 Å². The van der Waals surface area contributed by atoms with E-state index in [0.29, 0.717) is 18.1 Å². The van der Waals surface area contributed by atoms with Gasteiger partial charge in [-0.25, -0.2) is 0 Å². The van der Waals surface area contributed by atoms with Gasteiger partial charge < -0.3 is 10.2 Å². The molecule has 2 saturated heterocycles. The van der Waals surface area contributed by atoms with Gasteiger partial charge in [0, 0.05) is 29.7 Å². The number of nitrogens with zero attached hydrogens (tertiary/aromatic N) is 2. The van der Waals surface area contributed by atoms with Crippen LogP contribution in [0.15, 0.2) is 36.5 Å². The fourth-order valence-corrected chi connectivity index (χ4v) is 4.09. The van der Waals surface area contributed by atoms with Gasteiger partial charge in [-0.15, -0.1) is 0 Å². The summed E-state index contributed by atoms with van der Waals surface area (Å²) in [5, 5.41) is 4.18. The van der Waals surface area contributed by atoms with Gasteiger partial charge in [0.2, 0.25) is 0 Å². The van der Waals surface area contributed by atoms with Crippen molar-refractivity contribution in [2.24, 2.45) is 0 Å². The minimum Gasteiger partial charge on any atom is -0.349 e. The van der Waals surface area contributed by atoms with Crippen LogP contribution >= 0.6 is 0 Å². The molecule has 114 valence electrons. The van der Waals surface area contributed by atoms with Gasteiger partial charge in [0.15, 0.2) is 0 Å². The van der Waals surface area contributed by atoms with Crippen LogP contribution in [0, 0.1) is 0 Å². The number of para-hydroxylation sites is 1. The Balaban J connectivity index is 1.55. The second-order valence-corrected chi connectivity index (χ2v) is 6.57. The zero-order valence-corrected chi connectivity index (χ0v) is 12.8. The molecule has 4 nitrogen and oxygen atoms in total.